The van der Waals surface area contributed by atoms with Crippen LogP contribution < -0.4 is 0 Å². The Bertz CT molecular complexity index is 862. The van der Waals surface area contributed by atoms with Gasteiger partial charge in [-0.3, -0.25) is 0 Å². The van der Waals surface area contributed by atoms with Gasteiger partial charge in [-0.15, -0.1) is 0 Å². The largest absolute Gasteiger partial charge is 0.471 e. The van der Waals surface area contributed by atoms with Crippen molar-refractivity contribution in [3.05, 3.63) is 35.6 Å². The molecule has 3 aliphatic heterocycles. The van der Waals surface area contributed by atoms with Crippen LogP contribution in [0.25, 0.3) is 0 Å². The number of ether oxygens (including phenoxy) is 5. The standard InChI is InChI=1S/C21H26O11/c1-3-9-6-21(32-17(9)26)5-4-10-11(18(27)28-2)8-29-19(13(10)21)31-20-16(25)15(24)14(23)12(7-22)30-20/h4-6,8,10,12-16,19-20,22-25H,3,7H2,1-2H3/t10-,12-,13-,14-,15+,16-,19-,20+,21-/m1/s1. The Kier molecular flexibility index (Phi) is 6.14. The van der Waals surface area contributed by atoms with Gasteiger partial charge < -0.3 is 44.1 Å². The van der Waals surface area contributed by atoms with E-state index < -0.39 is 73.0 Å². The highest BCUT2D eigenvalue weighted by molar-refractivity contribution is 5.93. The van der Waals surface area contributed by atoms with Gasteiger partial charge in [-0.05, 0) is 18.6 Å². The molecule has 1 saturated heterocycles. The summed E-state index contributed by atoms with van der Waals surface area (Å²) in [6.45, 7) is 1.18. The molecule has 1 fully saturated rings. The molecule has 0 aromatic rings. The second kappa shape index (κ2) is 8.58. The third kappa shape index (κ3) is 3.54. The van der Waals surface area contributed by atoms with Crippen molar-refractivity contribution in [2.24, 2.45) is 11.8 Å². The number of aliphatic hydroxyl groups is 4. The summed E-state index contributed by atoms with van der Waals surface area (Å²) in [5.74, 6) is -2.51. The first-order valence-corrected chi connectivity index (χ1v) is 10.3. The lowest BCUT2D eigenvalue weighted by Gasteiger charge is -2.44. The molecular weight excluding hydrogens is 428 g/mol. The SMILES string of the molecule is CCC1=C[C@@]2(C=C[C@@H]3C(C(=O)OC)=CO[C@H](O[C@@H]4O[C@H](CO)[C@@H](O)[C@H](O)[C@H]4O)[C@@H]32)OC1=O. The van der Waals surface area contributed by atoms with Crippen LogP contribution in [0.5, 0.6) is 0 Å². The highest BCUT2D eigenvalue weighted by atomic mass is 16.8. The molecule has 0 saturated carbocycles. The summed E-state index contributed by atoms with van der Waals surface area (Å²) in [6, 6.07) is 0. The molecule has 3 heterocycles. The van der Waals surface area contributed by atoms with E-state index in [0.29, 0.717) is 12.0 Å². The zero-order valence-electron chi connectivity index (χ0n) is 17.5. The number of carbonyl (C=O) groups is 2. The molecule has 0 radical (unpaired) electrons. The third-order valence-corrected chi connectivity index (χ3v) is 6.30. The van der Waals surface area contributed by atoms with Crippen molar-refractivity contribution in [1.29, 1.82) is 0 Å². The molecule has 11 heteroatoms. The summed E-state index contributed by atoms with van der Waals surface area (Å²) in [4.78, 5) is 24.6. The maximum Gasteiger partial charge on any atom is 0.337 e. The van der Waals surface area contributed by atoms with Crippen molar-refractivity contribution in [3.63, 3.8) is 0 Å². The first kappa shape index (κ1) is 22.9. The highest BCUT2D eigenvalue weighted by Crippen LogP contribution is 2.50. The molecule has 32 heavy (non-hydrogen) atoms. The van der Waals surface area contributed by atoms with Crippen molar-refractivity contribution in [1.82, 2.24) is 0 Å². The van der Waals surface area contributed by atoms with E-state index in [-0.39, 0.29) is 5.57 Å². The van der Waals surface area contributed by atoms with Gasteiger partial charge in [-0.25, -0.2) is 9.59 Å². The van der Waals surface area contributed by atoms with E-state index in [2.05, 4.69) is 0 Å². The molecule has 1 spiro atoms. The summed E-state index contributed by atoms with van der Waals surface area (Å²) in [7, 11) is 1.23. The van der Waals surface area contributed by atoms with Gasteiger partial charge in [-0.1, -0.05) is 13.0 Å². The molecule has 11 nitrogen and oxygen atoms in total. The topological polar surface area (TPSA) is 161 Å². The van der Waals surface area contributed by atoms with E-state index in [4.69, 9.17) is 23.7 Å². The number of aliphatic hydroxyl groups excluding tert-OH is 4. The molecule has 4 rings (SSSR count). The minimum absolute atomic E-state index is 0.189. The number of methoxy groups -OCH3 is 1. The predicted molar refractivity (Wildman–Crippen MR) is 103 cm³/mol. The Morgan fingerprint density at radius 1 is 1.19 bits per heavy atom. The first-order valence-electron chi connectivity index (χ1n) is 10.3. The number of rotatable bonds is 5. The number of hydrogen-bond donors (Lipinski definition) is 4. The third-order valence-electron chi connectivity index (χ3n) is 6.30. The molecule has 176 valence electrons. The smallest absolute Gasteiger partial charge is 0.337 e. The van der Waals surface area contributed by atoms with E-state index in [1.807, 2.05) is 0 Å². The van der Waals surface area contributed by atoms with Crippen LogP contribution in [0.15, 0.2) is 35.6 Å². The van der Waals surface area contributed by atoms with Gasteiger partial charge in [0.25, 0.3) is 0 Å². The molecule has 0 amide bonds. The zero-order valence-corrected chi connectivity index (χ0v) is 17.5. The first-order chi connectivity index (χ1) is 15.3. The van der Waals surface area contributed by atoms with Crippen molar-refractivity contribution < 1.29 is 53.7 Å². The summed E-state index contributed by atoms with van der Waals surface area (Å²) in [5.41, 5.74) is -0.621. The Hall–Kier alpha value is -2.28. The average molecular weight is 454 g/mol. The Morgan fingerprint density at radius 3 is 2.56 bits per heavy atom. The summed E-state index contributed by atoms with van der Waals surface area (Å²) in [6.07, 6.45) is -2.08. The van der Waals surface area contributed by atoms with Crippen LogP contribution in [0.2, 0.25) is 0 Å². The lowest BCUT2D eigenvalue weighted by Crippen LogP contribution is -2.60. The van der Waals surface area contributed by atoms with Crippen molar-refractivity contribution >= 4 is 11.9 Å². The maximum atomic E-state index is 12.4. The normalized spacial score (nSPS) is 42.8. The Morgan fingerprint density at radius 2 is 1.94 bits per heavy atom. The molecule has 1 aliphatic carbocycles. The quantitative estimate of drug-likeness (QED) is 0.287. The Balaban J connectivity index is 1.66. The second-order valence-corrected chi connectivity index (χ2v) is 8.08. The van der Waals surface area contributed by atoms with E-state index in [1.165, 1.54) is 13.4 Å². The van der Waals surface area contributed by atoms with Crippen LogP contribution in [-0.4, -0.2) is 88.7 Å². The predicted octanol–water partition coefficient (Wildman–Crippen LogP) is -1.35. The average Bonchev–Trinajstić information content (AvgIpc) is 3.33. The van der Waals surface area contributed by atoms with Crippen molar-refractivity contribution in [2.75, 3.05) is 13.7 Å². The fourth-order valence-corrected chi connectivity index (χ4v) is 4.56. The molecule has 9 atom stereocenters. The summed E-state index contributed by atoms with van der Waals surface area (Å²) in [5, 5.41) is 39.8. The van der Waals surface area contributed by atoms with Gasteiger partial charge in [0.1, 0.15) is 24.4 Å². The van der Waals surface area contributed by atoms with E-state index in [0.717, 1.165) is 0 Å². The van der Waals surface area contributed by atoms with Crippen LogP contribution in [0.1, 0.15) is 13.3 Å². The number of allylic oxidation sites excluding steroid dienone is 1. The van der Waals surface area contributed by atoms with Gasteiger partial charge in [0.15, 0.2) is 11.9 Å². The van der Waals surface area contributed by atoms with Gasteiger partial charge in [0, 0.05) is 11.5 Å². The lowest BCUT2D eigenvalue weighted by atomic mass is 9.79. The number of hydrogen-bond acceptors (Lipinski definition) is 11. The van der Waals surface area contributed by atoms with Gasteiger partial charge in [0.2, 0.25) is 6.29 Å². The minimum Gasteiger partial charge on any atom is -0.471 e. The number of carbonyl (C=O) groups excluding carboxylic acids is 2. The van der Waals surface area contributed by atoms with Gasteiger partial charge in [-0.2, -0.15) is 0 Å². The van der Waals surface area contributed by atoms with Crippen LogP contribution in [0.4, 0.5) is 0 Å². The molecular formula is C21H26O11. The van der Waals surface area contributed by atoms with Crippen LogP contribution in [0, 0.1) is 11.8 Å². The van der Waals surface area contributed by atoms with Crippen LogP contribution in [0.3, 0.4) is 0 Å². The van der Waals surface area contributed by atoms with Crippen LogP contribution in [-0.2, 0) is 33.3 Å². The van der Waals surface area contributed by atoms with Crippen molar-refractivity contribution in [3.8, 4) is 0 Å². The molecule has 0 bridgehead atoms. The molecule has 0 unspecified atom stereocenters. The highest BCUT2D eigenvalue weighted by Gasteiger charge is 2.59. The monoisotopic (exact) mass is 454 g/mol. The van der Waals surface area contributed by atoms with E-state index >= 15 is 0 Å². The van der Waals surface area contributed by atoms with Crippen LogP contribution >= 0.6 is 0 Å². The van der Waals surface area contributed by atoms with E-state index in [9.17, 15) is 30.0 Å². The fraction of sp³-hybridized carbons (Fsp3) is 0.619. The summed E-state index contributed by atoms with van der Waals surface area (Å²) >= 11 is 0. The minimum atomic E-state index is -1.65. The fourth-order valence-electron chi connectivity index (χ4n) is 4.56. The molecule has 0 aromatic carbocycles. The lowest BCUT2D eigenvalue weighted by molar-refractivity contribution is -0.344. The van der Waals surface area contributed by atoms with E-state index in [1.54, 1.807) is 25.2 Å². The van der Waals surface area contributed by atoms with Crippen molar-refractivity contribution in [2.45, 2.75) is 55.9 Å². The van der Waals surface area contributed by atoms with Gasteiger partial charge in [0.05, 0.1) is 31.5 Å². The van der Waals surface area contributed by atoms with Gasteiger partial charge >= 0.3 is 11.9 Å². The second-order valence-electron chi connectivity index (χ2n) is 8.08. The number of fused-ring (bicyclic) bond motifs is 2. The maximum absolute atomic E-state index is 12.4. The Labute approximate surface area is 183 Å². The zero-order chi connectivity index (χ0) is 23.2. The summed E-state index contributed by atoms with van der Waals surface area (Å²) < 4.78 is 27.4. The molecule has 4 N–H and O–H groups in total. The molecule has 4 aliphatic rings. The number of esters is 2. The molecule has 0 aromatic heterocycles.